The first kappa shape index (κ1) is 13.1. The first-order valence-corrected chi connectivity index (χ1v) is 6.94. The molecular weight excluding hydrogens is 280 g/mol. The van der Waals surface area contributed by atoms with Crippen LogP contribution in [0.4, 0.5) is 0 Å². The van der Waals surface area contributed by atoms with E-state index in [1.807, 2.05) is 18.7 Å². The van der Waals surface area contributed by atoms with Gasteiger partial charge in [0.2, 0.25) is 0 Å². The lowest BCUT2D eigenvalue weighted by atomic mass is 10.1. The van der Waals surface area contributed by atoms with Gasteiger partial charge in [-0.2, -0.15) is 5.10 Å². The van der Waals surface area contributed by atoms with E-state index in [2.05, 4.69) is 38.3 Å². The fourth-order valence-corrected chi connectivity index (χ4v) is 2.94. The molecule has 5 heteroatoms. The molecule has 0 aromatic carbocycles. The summed E-state index contributed by atoms with van der Waals surface area (Å²) in [6.07, 6.45) is 1.31. The summed E-state index contributed by atoms with van der Waals surface area (Å²) in [6, 6.07) is 0. The van der Waals surface area contributed by atoms with Gasteiger partial charge in [0.15, 0.2) is 0 Å². The zero-order chi connectivity index (χ0) is 12.4. The third-order valence-corrected chi connectivity index (χ3v) is 4.51. The van der Waals surface area contributed by atoms with Crippen LogP contribution in [0.2, 0.25) is 0 Å². The largest absolute Gasteiger partial charge is 0.311 e. The first-order chi connectivity index (χ1) is 8.08. The average molecular weight is 301 g/mol. The van der Waals surface area contributed by atoms with Gasteiger partial charge in [0.05, 0.1) is 15.9 Å². The summed E-state index contributed by atoms with van der Waals surface area (Å²) >= 11 is 3.59. The van der Waals surface area contributed by atoms with Crippen LogP contribution < -0.4 is 5.32 Å². The van der Waals surface area contributed by atoms with Crippen molar-refractivity contribution in [3.8, 4) is 0 Å². The molecule has 1 aromatic heterocycles. The lowest BCUT2D eigenvalue weighted by molar-refractivity contribution is 0.387. The number of likely N-dealkylation sites (tertiary alicyclic amines) is 1. The van der Waals surface area contributed by atoms with Crippen molar-refractivity contribution in [1.29, 1.82) is 0 Å². The zero-order valence-corrected chi connectivity index (χ0v) is 12.4. The Hall–Kier alpha value is -0.390. The molecule has 1 aliphatic rings. The smallest absolute Gasteiger partial charge is 0.0739 e. The topological polar surface area (TPSA) is 33.1 Å². The molecule has 2 rings (SSSR count). The van der Waals surface area contributed by atoms with Crippen molar-refractivity contribution in [3.05, 3.63) is 15.9 Å². The Morgan fingerprint density at radius 2 is 2.24 bits per heavy atom. The number of hydrogen-bond donors (Lipinski definition) is 1. The van der Waals surface area contributed by atoms with Crippen molar-refractivity contribution in [1.82, 2.24) is 20.0 Å². The Kier molecular flexibility index (Phi) is 4.22. The van der Waals surface area contributed by atoms with Crippen LogP contribution in [-0.4, -0.2) is 41.4 Å². The molecule has 1 N–H and O–H groups in total. The van der Waals surface area contributed by atoms with Gasteiger partial charge in [0.1, 0.15) is 0 Å². The summed E-state index contributed by atoms with van der Waals surface area (Å²) in [6.45, 7) is 6.47. The lowest BCUT2D eigenvalue weighted by Gasteiger charge is -2.12. The standard InChI is InChI=1S/C12H21BrN4/c1-9-12(13)11(17(3)15-9)7-14-6-10-4-5-16(2)8-10/h10,14H,4-8H2,1-3H3. The summed E-state index contributed by atoms with van der Waals surface area (Å²) in [5.74, 6) is 0.799. The van der Waals surface area contributed by atoms with E-state index in [9.17, 15) is 0 Å². The molecule has 1 aromatic rings. The van der Waals surface area contributed by atoms with Crippen molar-refractivity contribution in [3.63, 3.8) is 0 Å². The minimum Gasteiger partial charge on any atom is -0.311 e. The Morgan fingerprint density at radius 3 is 2.76 bits per heavy atom. The number of halogens is 1. The van der Waals surface area contributed by atoms with Gasteiger partial charge >= 0.3 is 0 Å². The van der Waals surface area contributed by atoms with Crippen LogP contribution in [0.3, 0.4) is 0 Å². The van der Waals surface area contributed by atoms with Crippen LogP contribution in [0, 0.1) is 12.8 Å². The quantitative estimate of drug-likeness (QED) is 0.915. The van der Waals surface area contributed by atoms with Gasteiger partial charge in [0, 0.05) is 20.1 Å². The average Bonchev–Trinajstić information content (AvgIpc) is 2.78. The van der Waals surface area contributed by atoms with Crippen molar-refractivity contribution < 1.29 is 0 Å². The van der Waals surface area contributed by atoms with E-state index in [0.717, 1.165) is 29.2 Å². The minimum atomic E-state index is 0.799. The number of nitrogens with zero attached hydrogens (tertiary/aromatic N) is 3. The minimum absolute atomic E-state index is 0.799. The number of aryl methyl sites for hydroxylation is 2. The van der Waals surface area contributed by atoms with Crippen LogP contribution in [-0.2, 0) is 13.6 Å². The van der Waals surface area contributed by atoms with E-state index < -0.39 is 0 Å². The number of aromatic nitrogens is 2. The molecule has 1 atom stereocenters. The maximum Gasteiger partial charge on any atom is 0.0739 e. The predicted molar refractivity (Wildman–Crippen MR) is 73.0 cm³/mol. The molecule has 96 valence electrons. The second kappa shape index (κ2) is 5.50. The second-order valence-corrected chi connectivity index (χ2v) is 5.81. The molecule has 0 bridgehead atoms. The highest BCUT2D eigenvalue weighted by Crippen LogP contribution is 2.20. The SMILES string of the molecule is Cc1nn(C)c(CNCC2CCN(C)C2)c1Br. The predicted octanol–water partition coefficient (Wildman–Crippen LogP) is 1.53. The van der Waals surface area contributed by atoms with Crippen LogP contribution >= 0.6 is 15.9 Å². The van der Waals surface area contributed by atoms with E-state index in [1.165, 1.54) is 25.2 Å². The molecule has 1 fully saturated rings. The molecular formula is C12H21BrN4. The van der Waals surface area contributed by atoms with Crippen LogP contribution in [0.1, 0.15) is 17.8 Å². The summed E-state index contributed by atoms with van der Waals surface area (Å²) in [5.41, 5.74) is 2.29. The number of rotatable bonds is 4. The van der Waals surface area contributed by atoms with Gasteiger partial charge in [-0.15, -0.1) is 0 Å². The van der Waals surface area contributed by atoms with Crippen molar-refractivity contribution >= 4 is 15.9 Å². The highest BCUT2D eigenvalue weighted by Gasteiger charge is 2.19. The molecule has 0 amide bonds. The number of nitrogens with one attached hydrogen (secondary N) is 1. The first-order valence-electron chi connectivity index (χ1n) is 6.15. The Morgan fingerprint density at radius 1 is 1.47 bits per heavy atom. The van der Waals surface area contributed by atoms with E-state index in [4.69, 9.17) is 0 Å². The van der Waals surface area contributed by atoms with Gasteiger partial charge in [0.25, 0.3) is 0 Å². The lowest BCUT2D eigenvalue weighted by Crippen LogP contribution is -2.25. The molecule has 17 heavy (non-hydrogen) atoms. The monoisotopic (exact) mass is 300 g/mol. The Labute approximate surface area is 111 Å². The van der Waals surface area contributed by atoms with Crippen LogP contribution in [0.15, 0.2) is 4.47 Å². The second-order valence-electron chi connectivity index (χ2n) is 5.02. The fraction of sp³-hybridized carbons (Fsp3) is 0.750. The molecule has 0 saturated carbocycles. The third-order valence-electron chi connectivity index (χ3n) is 3.48. The molecule has 1 unspecified atom stereocenters. The van der Waals surface area contributed by atoms with Crippen molar-refractivity contribution in [2.45, 2.75) is 19.9 Å². The summed E-state index contributed by atoms with van der Waals surface area (Å²) in [7, 11) is 4.19. The maximum absolute atomic E-state index is 4.39. The van der Waals surface area contributed by atoms with Gasteiger partial charge in [-0.25, -0.2) is 0 Å². The zero-order valence-electron chi connectivity index (χ0n) is 10.8. The normalized spacial score (nSPS) is 21.3. The fourth-order valence-electron chi connectivity index (χ4n) is 2.46. The van der Waals surface area contributed by atoms with E-state index in [-0.39, 0.29) is 0 Å². The van der Waals surface area contributed by atoms with E-state index in [1.54, 1.807) is 0 Å². The Bertz CT molecular complexity index is 388. The molecule has 1 saturated heterocycles. The highest BCUT2D eigenvalue weighted by molar-refractivity contribution is 9.10. The molecule has 0 spiro atoms. The summed E-state index contributed by atoms with van der Waals surface area (Å²) in [4.78, 5) is 2.40. The van der Waals surface area contributed by atoms with Crippen molar-refractivity contribution in [2.24, 2.45) is 13.0 Å². The Balaban J connectivity index is 1.82. The summed E-state index contributed by atoms with van der Waals surface area (Å²) < 4.78 is 3.09. The maximum atomic E-state index is 4.39. The van der Waals surface area contributed by atoms with E-state index in [0.29, 0.717) is 0 Å². The summed E-state index contributed by atoms with van der Waals surface area (Å²) in [5, 5.41) is 7.94. The third kappa shape index (κ3) is 3.09. The van der Waals surface area contributed by atoms with Crippen LogP contribution in [0.5, 0.6) is 0 Å². The van der Waals surface area contributed by atoms with E-state index >= 15 is 0 Å². The van der Waals surface area contributed by atoms with Crippen molar-refractivity contribution in [2.75, 3.05) is 26.7 Å². The van der Waals surface area contributed by atoms with Gasteiger partial charge in [-0.1, -0.05) is 0 Å². The molecule has 2 heterocycles. The highest BCUT2D eigenvalue weighted by atomic mass is 79.9. The van der Waals surface area contributed by atoms with Gasteiger partial charge in [-0.3, -0.25) is 4.68 Å². The molecule has 0 aliphatic carbocycles. The molecule has 1 aliphatic heterocycles. The molecule has 0 radical (unpaired) electrons. The molecule has 4 nitrogen and oxygen atoms in total. The van der Waals surface area contributed by atoms with Gasteiger partial charge < -0.3 is 10.2 Å². The number of hydrogen-bond acceptors (Lipinski definition) is 3. The van der Waals surface area contributed by atoms with Gasteiger partial charge in [-0.05, 0) is 55.3 Å². The van der Waals surface area contributed by atoms with Crippen LogP contribution in [0.25, 0.3) is 0 Å².